The van der Waals surface area contributed by atoms with Crippen molar-refractivity contribution in [3.63, 3.8) is 0 Å². The van der Waals surface area contributed by atoms with Crippen LogP contribution >= 0.6 is 0 Å². The third kappa shape index (κ3) is 2.88. The zero-order valence-corrected chi connectivity index (χ0v) is 12.5. The highest BCUT2D eigenvalue weighted by Crippen LogP contribution is 2.35. The number of imidazole rings is 1. The van der Waals surface area contributed by atoms with Crippen molar-refractivity contribution >= 4 is 5.95 Å². The predicted molar refractivity (Wildman–Crippen MR) is 81.9 cm³/mol. The number of hydrogen-bond acceptors (Lipinski definition) is 4. The monoisotopic (exact) mass is 287 g/mol. The van der Waals surface area contributed by atoms with Gasteiger partial charge in [0, 0.05) is 37.5 Å². The fourth-order valence-corrected chi connectivity index (χ4v) is 2.80. The number of hydrogen-bond donors (Lipinski definition) is 1. The Hall–Kier alpha value is -2.01. The van der Waals surface area contributed by atoms with E-state index in [1.54, 1.807) is 7.11 Å². The minimum Gasteiger partial charge on any atom is -0.493 e. The molecule has 112 valence electrons. The first-order valence-corrected chi connectivity index (χ1v) is 7.29. The van der Waals surface area contributed by atoms with E-state index in [1.165, 1.54) is 5.56 Å². The van der Waals surface area contributed by atoms with E-state index in [2.05, 4.69) is 33.9 Å². The molecule has 0 saturated carbocycles. The van der Waals surface area contributed by atoms with Crippen LogP contribution in [0.3, 0.4) is 0 Å². The van der Waals surface area contributed by atoms with Gasteiger partial charge < -0.3 is 19.4 Å². The molecule has 0 radical (unpaired) electrons. The van der Waals surface area contributed by atoms with E-state index in [1.807, 2.05) is 24.5 Å². The van der Waals surface area contributed by atoms with Gasteiger partial charge in [0.15, 0.2) is 0 Å². The number of rotatable bonds is 5. The van der Waals surface area contributed by atoms with Crippen molar-refractivity contribution in [2.24, 2.45) is 0 Å². The number of ether oxygens (including phenoxy) is 2. The predicted octanol–water partition coefficient (Wildman–Crippen LogP) is 2.70. The van der Waals surface area contributed by atoms with Crippen LogP contribution in [0.15, 0.2) is 36.7 Å². The van der Waals surface area contributed by atoms with Crippen molar-refractivity contribution in [1.29, 1.82) is 0 Å². The normalized spacial score (nSPS) is 18.7. The first-order valence-electron chi connectivity index (χ1n) is 7.29. The molecule has 0 aliphatic carbocycles. The lowest BCUT2D eigenvalue weighted by molar-refractivity contribution is 0.190. The van der Waals surface area contributed by atoms with Gasteiger partial charge in [-0.2, -0.15) is 0 Å². The molecule has 2 atom stereocenters. The lowest BCUT2D eigenvalue weighted by Gasteiger charge is -2.28. The Bertz CT molecular complexity index is 597. The van der Waals surface area contributed by atoms with E-state index < -0.39 is 0 Å². The highest BCUT2D eigenvalue weighted by atomic mass is 16.5. The third-order valence-electron chi connectivity index (χ3n) is 3.72. The van der Waals surface area contributed by atoms with E-state index in [0.717, 1.165) is 24.7 Å². The number of fused-ring (bicyclic) bond motifs is 1. The Kier molecular flexibility index (Phi) is 4.10. The summed E-state index contributed by atoms with van der Waals surface area (Å²) in [6.45, 7) is 3.46. The van der Waals surface area contributed by atoms with Crippen LogP contribution in [0.4, 0.5) is 5.95 Å². The van der Waals surface area contributed by atoms with Crippen LogP contribution in [0.25, 0.3) is 0 Å². The molecule has 2 unspecified atom stereocenters. The lowest BCUT2D eigenvalue weighted by atomic mass is 10.0. The zero-order chi connectivity index (χ0) is 14.7. The maximum atomic E-state index is 5.74. The number of nitrogens with zero attached hydrogens (tertiary/aromatic N) is 2. The molecule has 2 aromatic rings. The SMILES string of the molecule is COCC(C)Nc1nccn1C1CCOc2ccccc21. The smallest absolute Gasteiger partial charge is 0.203 e. The number of methoxy groups -OCH3 is 1. The van der Waals surface area contributed by atoms with Gasteiger partial charge in [0.05, 0.1) is 19.3 Å². The van der Waals surface area contributed by atoms with Gasteiger partial charge >= 0.3 is 0 Å². The van der Waals surface area contributed by atoms with Crippen LogP contribution in [0, 0.1) is 0 Å². The Morgan fingerprint density at radius 2 is 2.33 bits per heavy atom. The van der Waals surface area contributed by atoms with Gasteiger partial charge in [-0.1, -0.05) is 18.2 Å². The molecule has 1 aromatic heterocycles. The van der Waals surface area contributed by atoms with E-state index >= 15 is 0 Å². The summed E-state index contributed by atoms with van der Waals surface area (Å²) < 4.78 is 13.1. The van der Waals surface area contributed by atoms with E-state index in [0.29, 0.717) is 6.61 Å². The largest absolute Gasteiger partial charge is 0.493 e. The minimum atomic E-state index is 0.214. The molecule has 0 spiro atoms. The van der Waals surface area contributed by atoms with Crippen molar-refractivity contribution < 1.29 is 9.47 Å². The van der Waals surface area contributed by atoms with Crippen LogP contribution in [-0.4, -0.2) is 35.9 Å². The Balaban J connectivity index is 1.87. The quantitative estimate of drug-likeness (QED) is 0.918. The maximum absolute atomic E-state index is 5.74. The average molecular weight is 287 g/mol. The number of benzene rings is 1. The summed E-state index contributed by atoms with van der Waals surface area (Å²) >= 11 is 0. The lowest BCUT2D eigenvalue weighted by Crippen LogP contribution is -2.26. The second kappa shape index (κ2) is 6.18. The van der Waals surface area contributed by atoms with Gasteiger partial charge in [0.1, 0.15) is 5.75 Å². The molecule has 21 heavy (non-hydrogen) atoms. The summed E-state index contributed by atoms with van der Waals surface area (Å²) in [7, 11) is 1.71. The fraction of sp³-hybridized carbons (Fsp3) is 0.438. The summed E-state index contributed by atoms with van der Waals surface area (Å²) in [4.78, 5) is 4.44. The molecule has 5 heteroatoms. The van der Waals surface area contributed by atoms with Crippen LogP contribution in [0.5, 0.6) is 5.75 Å². The fourth-order valence-electron chi connectivity index (χ4n) is 2.80. The summed E-state index contributed by atoms with van der Waals surface area (Å²) in [6.07, 6.45) is 4.80. The number of para-hydroxylation sites is 1. The number of aromatic nitrogens is 2. The molecule has 0 amide bonds. The summed E-state index contributed by atoms with van der Waals surface area (Å²) in [6, 6.07) is 8.69. The van der Waals surface area contributed by atoms with Crippen molar-refractivity contribution in [3.05, 3.63) is 42.2 Å². The minimum absolute atomic E-state index is 0.214. The van der Waals surface area contributed by atoms with Gasteiger partial charge in [-0.05, 0) is 13.0 Å². The first kappa shape index (κ1) is 13.9. The van der Waals surface area contributed by atoms with Crippen LogP contribution in [-0.2, 0) is 4.74 Å². The summed E-state index contributed by atoms with van der Waals surface area (Å²) in [5, 5.41) is 3.41. The second-order valence-electron chi connectivity index (χ2n) is 5.35. The van der Waals surface area contributed by atoms with Gasteiger partial charge in [0.25, 0.3) is 0 Å². The van der Waals surface area contributed by atoms with Crippen molar-refractivity contribution in [1.82, 2.24) is 9.55 Å². The molecular weight excluding hydrogens is 266 g/mol. The van der Waals surface area contributed by atoms with Gasteiger partial charge in [-0.25, -0.2) is 4.98 Å². The zero-order valence-electron chi connectivity index (χ0n) is 12.5. The van der Waals surface area contributed by atoms with Crippen LogP contribution < -0.4 is 10.1 Å². The maximum Gasteiger partial charge on any atom is 0.203 e. The highest BCUT2D eigenvalue weighted by Gasteiger charge is 2.24. The molecule has 3 rings (SSSR count). The summed E-state index contributed by atoms with van der Waals surface area (Å²) in [5.41, 5.74) is 1.21. The van der Waals surface area contributed by atoms with Crippen molar-refractivity contribution in [2.75, 3.05) is 25.6 Å². The third-order valence-corrected chi connectivity index (χ3v) is 3.72. The van der Waals surface area contributed by atoms with E-state index in [9.17, 15) is 0 Å². The van der Waals surface area contributed by atoms with Crippen LogP contribution in [0.1, 0.15) is 24.9 Å². The summed E-state index contributed by atoms with van der Waals surface area (Å²) in [5.74, 6) is 1.85. The molecule has 1 N–H and O–H groups in total. The van der Waals surface area contributed by atoms with Crippen molar-refractivity contribution in [2.45, 2.75) is 25.4 Å². The van der Waals surface area contributed by atoms with Gasteiger partial charge in [-0.3, -0.25) is 0 Å². The molecule has 1 aliphatic rings. The molecule has 1 aromatic carbocycles. The van der Waals surface area contributed by atoms with Crippen LogP contribution in [0.2, 0.25) is 0 Å². The Morgan fingerprint density at radius 3 is 3.19 bits per heavy atom. The molecule has 0 fully saturated rings. The average Bonchev–Trinajstić information content (AvgIpc) is 2.95. The Morgan fingerprint density at radius 1 is 1.48 bits per heavy atom. The van der Waals surface area contributed by atoms with E-state index in [-0.39, 0.29) is 12.1 Å². The standard InChI is InChI=1S/C16H21N3O2/c1-12(11-20-2)18-16-17-8-9-19(16)14-7-10-21-15-6-4-3-5-13(14)15/h3-6,8-9,12,14H,7,10-11H2,1-2H3,(H,17,18). The van der Waals surface area contributed by atoms with Gasteiger partial charge in [0.2, 0.25) is 5.95 Å². The topological polar surface area (TPSA) is 48.3 Å². The van der Waals surface area contributed by atoms with Crippen molar-refractivity contribution in [3.8, 4) is 5.75 Å². The molecule has 1 aliphatic heterocycles. The number of anilines is 1. The molecular formula is C16H21N3O2. The highest BCUT2D eigenvalue weighted by molar-refractivity contribution is 5.40. The van der Waals surface area contributed by atoms with E-state index in [4.69, 9.17) is 9.47 Å². The second-order valence-corrected chi connectivity index (χ2v) is 5.35. The molecule has 0 bridgehead atoms. The molecule has 0 saturated heterocycles. The Labute approximate surface area is 124 Å². The molecule has 2 heterocycles. The van der Waals surface area contributed by atoms with Gasteiger partial charge in [-0.15, -0.1) is 0 Å². The molecule has 5 nitrogen and oxygen atoms in total. The number of nitrogens with one attached hydrogen (secondary N) is 1. The first-order chi connectivity index (χ1) is 10.3.